The standard InChI is InChI=1S/C19H17N3O3S/c1-14-6-2-3-7-16(14)24-13-17(23)22-21-12-15-9-10-19(25-15)26-18-8-4-5-11-20-18/h2-12H,13H2,1H3,(H,22,23)/b21-12-. The van der Waals surface area contributed by atoms with Gasteiger partial charge in [-0.05, 0) is 54.6 Å². The normalized spacial score (nSPS) is 10.8. The molecule has 1 amide bonds. The molecular formula is C19H17N3O3S. The van der Waals surface area contributed by atoms with Crippen molar-refractivity contribution in [3.63, 3.8) is 0 Å². The number of ether oxygens (including phenoxy) is 1. The molecule has 0 aliphatic carbocycles. The molecule has 0 aliphatic rings. The Morgan fingerprint density at radius 1 is 1.23 bits per heavy atom. The van der Waals surface area contributed by atoms with Crippen LogP contribution in [-0.4, -0.2) is 23.7 Å². The number of aryl methyl sites for hydroxylation is 1. The molecule has 0 atom stereocenters. The quantitative estimate of drug-likeness (QED) is 0.509. The van der Waals surface area contributed by atoms with Gasteiger partial charge in [-0.3, -0.25) is 4.79 Å². The summed E-state index contributed by atoms with van der Waals surface area (Å²) in [7, 11) is 0. The van der Waals surface area contributed by atoms with Crippen LogP contribution < -0.4 is 10.2 Å². The van der Waals surface area contributed by atoms with Crippen LogP contribution in [0.2, 0.25) is 0 Å². The molecule has 1 aromatic carbocycles. The van der Waals surface area contributed by atoms with Gasteiger partial charge in [0.1, 0.15) is 16.5 Å². The third-order valence-electron chi connectivity index (χ3n) is 3.28. The smallest absolute Gasteiger partial charge is 0.277 e. The monoisotopic (exact) mass is 367 g/mol. The van der Waals surface area contributed by atoms with E-state index in [1.807, 2.05) is 55.5 Å². The number of hydrogen-bond acceptors (Lipinski definition) is 6. The first-order valence-electron chi connectivity index (χ1n) is 7.90. The summed E-state index contributed by atoms with van der Waals surface area (Å²) in [6, 6.07) is 16.8. The molecule has 0 saturated heterocycles. The van der Waals surface area contributed by atoms with Crippen molar-refractivity contribution in [1.82, 2.24) is 10.4 Å². The van der Waals surface area contributed by atoms with E-state index in [9.17, 15) is 4.79 Å². The van der Waals surface area contributed by atoms with Crippen LogP contribution in [0.3, 0.4) is 0 Å². The molecule has 0 radical (unpaired) electrons. The molecule has 0 aliphatic heterocycles. The first-order chi connectivity index (χ1) is 12.7. The summed E-state index contributed by atoms with van der Waals surface area (Å²) in [4.78, 5) is 16.0. The van der Waals surface area contributed by atoms with Crippen LogP contribution in [0.1, 0.15) is 11.3 Å². The second kappa shape index (κ2) is 8.87. The molecule has 0 bridgehead atoms. The van der Waals surface area contributed by atoms with E-state index in [0.717, 1.165) is 10.6 Å². The fourth-order valence-electron chi connectivity index (χ4n) is 2.03. The lowest BCUT2D eigenvalue weighted by Crippen LogP contribution is -2.24. The van der Waals surface area contributed by atoms with Gasteiger partial charge in [0.2, 0.25) is 0 Å². The van der Waals surface area contributed by atoms with Gasteiger partial charge in [0.25, 0.3) is 5.91 Å². The number of para-hydroxylation sites is 1. The van der Waals surface area contributed by atoms with Gasteiger partial charge in [-0.25, -0.2) is 10.4 Å². The number of nitrogens with zero attached hydrogens (tertiary/aromatic N) is 2. The van der Waals surface area contributed by atoms with Gasteiger partial charge in [0.05, 0.1) is 6.21 Å². The van der Waals surface area contributed by atoms with Crippen LogP contribution >= 0.6 is 11.8 Å². The molecule has 2 heterocycles. The van der Waals surface area contributed by atoms with E-state index in [2.05, 4.69) is 15.5 Å². The Morgan fingerprint density at radius 3 is 2.88 bits per heavy atom. The van der Waals surface area contributed by atoms with Crippen molar-refractivity contribution in [2.75, 3.05) is 6.61 Å². The number of furan rings is 1. The Hall–Kier alpha value is -3.06. The zero-order valence-corrected chi connectivity index (χ0v) is 14.9. The fourth-order valence-corrected chi connectivity index (χ4v) is 2.77. The third kappa shape index (κ3) is 5.22. The molecular weight excluding hydrogens is 350 g/mol. The van der Waals surface area contributed by atoms with Gasteiger partial charge in [-0.2, -0.15) is 5.10 Å². The van der Waals surface area contributed by atoms with Gasteiger partial charge in [-0.15, -0.1) is 0 Å². The summed E-state index contributed by atoms with van der Waals surface area (Å²) in [5, 5.41) is 5.41. The van der Waals surface area contributed by atoms with E-state index in [0.29, 0.717) is 16.6 Å². The predicted octanol–water partition coefficient (Wildman–Crippen LogP) is 3.66. The first kappa shape index (κ1) is 17.8. The molecule has 0 fully saturated rings. The Kier molecular flexibility index (Phi) is 6.05. The summed E-state index contributed by atoms with van der Waals surface area (Å²) < 4.78 is 11.1. The summed E-state index contributed by atoms with van der Waals surface area (Å²) >= 11 is 1.41. The number of hydrogen-bond donors (Lipinski definition) is 1. The van der Waals surface area contributed by atoms with Crippen molar-refractivity contribution in [1.29, 1.82) is 0 Å². The molecule has 3 aromatic rings. The highest BCUT2D eigenvalue weighted by Gasteiger charge is 2.05. The average molecular weight is 367 g/mol. The van der Waals surface area contributed by atoms with Crippen molar-refractivity contribution in [3.05, 3.63) is 72.1 Å². The van der Waals surface area contributed by atoms with Gasteiger partial charge in [-0.1, -0.05) is 24.3 Å². The molecule has 2 aromatic heterocycles. The molecule has 0 saturated carbocycles. The lowest BCUT2D eigenvalue weighted by molar-refractivity contribution is -0.123. The third-order valence-corrected chi connectivity index (χ3v) is 4.15. The number of carbonyl (C=O) groups excluding carboxylic acids is 1. The molecule has 7 heteroatoms. The Bertz CT molecular complexity index is 894. The van der Waals surface area contributed by atoms with Crippen LogP contribution in [0.5, 0.6) is 5.75 Å². The van der Waals surface area contributed by atoms with Gasteiger partial charge in [0.15, 0.2) is 11.7 Å². The molecule has 1 N–H and O–H groups in total. The zero-order valence-electron chi connectivity index (χ0n) is 14.1. The number of carbonyl (C=O) groups is 1. The van der Waals surface area contributed by atoms with Crippen molar-refractivity contribution in [2.45, 2.75) is 17.0 Å². The lowest BCUT2D eigenvalue weighted by atomic mass is 10.2. The molecule has 0 spiro atoms. The van der Waals surface area contributed by atoms with Gasteiger partial charge >= 0.3 is 0 Å². The maximum absolute atomic E-state index is 11.8. The zero-order chi connectivity index (χ0) is 18.2. The molecule has 26 heavy (non-hydrogen) atoms. The number of hydrazone groups is 1. The second-order valence-electron chi connectivity index (χ2n) is 5.27. The minimum atomic E-state index is -0.348. The van der Waals surface area contributed by atoms with Crippen molar-refractivity contribution in [3.8, 4) is 5.75 Å². The number of aromatic nitrogens is 1. The maximum atomic E-state index is 11.8. The van der Waals surface area contributed by atoms with Crippen LogP contribution in [0, 0.1) is 6.92 Å². The summed E-state index contributed by atoms with van der Waals surface area (Å²) in [6.07, 6.45) is 3.16. The topological polar surface area (TPSA) is 76.7 Å². The Morgan fingerprint density at radius 2 is 2.08 bits per heavy atom. The number of rotatable bonds is 7. The molecule has 132 valence electrons. The number of amides is 1. The minimum absolute atomic E-state index is 0.110. The van der Waals surface area contributed by atoms with Gasteiger partial charge < -0.3 is 9.15 Å². The van der Waals surface area contributed by atoms with E-state index in [1.54, 1.807) is 12.3 Å². The van der Waals surface area contributed by atoms with Crippen molar-refractivity contribution in [2.24, 2.45) is 5.10 Å². The Balaban J connectivity index is 1.46. The fraction of sp³-hybridized carbons (Fsp3) is 0.105. The minimum Gasteiger partial charge on any atom is -0.483 e. The van der Waals surface area contributed by atoms with Crippen LogP contribution in [0.15, 0.2) is 80.4 Å². The number of pyridine rings is 1. The van der Waals surface area contributed by atoms with E-state index < -0.39 is 0 Å². The summed E-state index contributed by atoms with van der Waals surface area (Å²) in [5.41, 5.74) is 3.38. The van der Waals surface area contributed by atoms with E-state index in [-0.39, 0.29) is 12.5 Å². The molecule has 3 rings (SSSR count). The van der Waals surface area contributed by atoms with Crippen LogP contribution in [-0.2, 0) is 4.79 Å². The highest BCUT2D eigenvalue weighted by Crippen LogP contribution is 2.26. The van der Waals surface area contributed by atoms with Crippen molar-refractivity contribution >= 4 is 23.9 Å². The van der Waals surface area contributed by atoms with E-state index >= 15 is 0 Å². The molecule has 0 unspecified atom stereocenters. The maximum Gasteiger partial charge on any atom is 0.277 e. The summed E-state index contributed by atoms with van der Waals surface area (Å²) in [6.45, 7) is 1.81. The second-order valence-corrected chi connectivity index (χ2v) is 6.30. The van der Waals surface area contributed by atoms with Crippen LogP contribution in [0.4, 0.5) is 0 Å². The molecule has 6 nitrogen and oxygen atoms in total. The highest BCUT2D eigenvalue weighted by molar-refractivity contribution is 7.99. The van der Waals surface area contributed by atoms with E-state index in [4.69, 9.17) is 9.15 Å². The SMILES string of the molecule is Cc1ccccc1OCC(=O)N/N=C\c1ccc(Sc2ccccn2)o1. The Labute approximate surface area is 155 Å². The van der Waals surface area contributed by atoms with Crippen LogP contribution in [0.25, 0.3) is 0 Å². The largest absolute Gasteiger partial charge is 0.483 e. The van der Waals surface area contributed by atoms with Gasteiger partial charge in [0, 0.05) is 6.20 Å². The number of nitrogens with one attached hydrogen (secondary N) is 1. The first-order valence-corrected chi connectivity index (χ1v) is 8.71. The number of benzene rings is 1. The highest BCUT2D eigenvalue weighted by atomic mass is 32.2. The lowest BCUT2D eigenvalue weighted by Gasteiger charge is -2.07. The van der Waals surface area contributed by atoms with E-state index in [1.165, 1.54) is 18.0 Å². The predicted molar refractivity (Wildman–Crippen MR) is 99.5 cm³/mol. The van der Waals surface area contributed by atoms with Crippen molar-refractivity contribution < 1.29 is 13.9 Å². The average Bonchev–Trinajstić information content (AvgIpc) is 3.09. The summed E-state index contributed by atoms with van der Waals surface area (Å²) in [5.74, 6) is 0.858.